The van der Waals surface area contributed by atoms with Crippen molar-refractivity contribution in [3.05, 3.63) is 70.3 Å². The van der Waals surface area contributed by atoms with Crippen molar-refractivity contribution in [2.75, 3.05) is 0 Å². The maximum absolute atomic E-state index is 14.1. The van der Waals surface area contributed by atoms with E-state index in [0.717, 1.165) is 23.3 Å². The number of rotatable bonds is 4. The second-order valence-corrected chi connectivity index (χ2v) is 8.14. The van der Waals surface area contributed by atoms with Gasteiger partial charge in [0.05, 0.1) is 17.3 Å². The number of carbonyl (C=O) groups excluding carboxylic acids is 1. The summed E-state index contributed by atoms with van der Waals surface area (Å²) in [5, 5.41) is 6.56. The van der Waals surface area contributed by atoms with Gasteiger partial charge in [-0.1, -0.05) is 36.3 Å². The highest BCUT2D eigenvalue weighted by molar-refractivity contribution is 6.02. The molecule has 2 aromatic carbocycles. The van der Waals surface area contributed by atoms with Crippen LogP contribution in [-0.2, 0) is 27.8 Å². The Labute approximate surface area is 185 Å². The van der Waals surface area contributed by atoms with Crippen LogP contribution < -0.4 is 5.32 Å². The number of fused-ring (bicyclic) bond motifs is 1. The summed E-state index contributed by atoms with van der Waals surface area (Å²) < 4.78 is 81.7. The van der Waals surface area contributed by atoms with Crippen LogP contribution in [0.2, 0.25) is 0 Å². The molecule has 2 aliphatic rings. The van der Waals surface area contributed by atoms with Crippen LogP contribution in [-0.4, -0.2) is 17.8 Å². The summed E-state index contributed by atoms with van der Waals surface area (Å²) in [7, 11) is 0. The highest BCUT2D eigenvalue weighted by Crippen LogP contribution is 2.49. The molecular weight excluding hydrogens is 450 g/mol. The lowest BCUT2D eigenvalue weighted by Crippen LogP contribution is -2.42. The van der Waals surface area contributed by atoms with Crippen molar-refractivity contribution in [3.63, 3.8) is 0 Å². The highest BCUT2D eigenvalue weighted by Gasteiger charge is 2.62. The Morgan fingerprint density at radius 2 is 1.91 bits per heavy atom. The number of hydrogen-bond donors (Lipinski definition) is 1. The number of halogens is 6. The molecule has 1 heterocycles. The molecule has 1 aliphatic heterocycles. The van der Waals surface area contributed by atoms with E-state index in [1.165, 1.54) is 0 Å². The Bertz CT molecular complexity index is 1110. The van der Waals surface area contributed by atoms with E-state index in [-0.39, 0.29) is 17.7 Å². The van der Waals surface area contributed by atoms with Crippen molar-refractivity contribution >= 4 is 11.6 Å². The first-order chi connectivity index (χ1) is 15.4. The molecule has 0 unspecified atom stereocenters. The second kappa shape index (κ2) is 8.07. The van der Waals surface area contributed by atoms with Gasteiger partial charge >= 0.3 is 12.4 Å². The van der Waals surface area contributed by atoms with Gasteiger partial charge in [-0.2, -0.15) is 26.3 Å². The minimum absolute atomic E-state index is 0.00594. The van der Waals surface area contributed by atoms with Crippen molar-refractivity contribution < 1.29 is 36.0 Å². The van der Waals surface area contributed by atoms with Crippen molar-refractivity contribution in [1.82, 2.24) is 5.32 Å². The van der Waals surface area contributed by atoms with Crippen LogP contribution in [0.15, 0.2) is 47.6 Å². The summed E-state index contributed by atoms with van der Waals surface area (Å²) in [4.78, 5) is 16.6. The molecule has 2 aromatic rings. The number of nitrogens with one attached hydrogen (secondary N) is 1. The molecule has 1 amide bonds. The monoisotopic (exact) mass is 470 g/mol. The fourth-order valence-corrected chi connectivity index (χ4v) is 4.25. The standard InChI is InChI=1S/C23H20F6N2O2/c1-2-20(32)30-18-9-7-13-10-14(6-8-17(13)18)19-12-21(33-31-19,23(27,28)29)15-4-3-5-16(11-15)22(24,25)26/h3-6,8,10-11,18H,2,7,9,12H2,1H3,(H,30,32)/t18-,21+/m1/s1. The van der Waals surface area contributed by atoms with Gasteiger partial charge in [0.15, 0.2) is 0 Å². The maximum Gasteiger partial charge on any atom is 0.435 e. The van der Waals surface area contributed by atoms with E-state index in [4.69, 9.17) is 4.84 Å². The number of oxime groups is 1. The molecule has 0 aromatic heterocycles. The first-order valence-corrected chi connectivity index (χ1v) is 10.4. The number of hydrogen-bond acceptors (Lipinski definition) is 3. The molecule has 0 saturated carbocycles. The summed E-state index contributed by atoms with van der Waals surface area (Å²) in [5.74, 6) is -0.0958. The predicted octanol–water partition coefficient (Wildman–Crippen LogP) is 5.80. The number of alkyl halides is 6. The minimum Gasteiger partial charge on any atom is -0.374 e. The SMILES string of the molecule is CCC(=O)N[C@@H]1CCc2cc(C3=NO[C@@](c4cccc(C(F)(F)F)c4)(C(F)(F)F)C3)ccc21. The number of aryl methyl sites for hydroxylation is 1. The van der Waals surface area contributed by atoms with Crippen LogP contribution in [0.1, 0.15) is 60.0 Å². The van der Waals surface area contributed by atoms with Gasteiger partial charge in [-0.25, -0.2) is 0 Å². The number of carbonyl (C=O) groups is 1. The minimum atomic E-state index is -5.01. The molecule has 0 spiro atoms. The van der Waals surface area contributed by atoms with E-state index >= 15 is 0 Å². The van der Waals surface area contributed by atoms with E-state index in [9.17, 15) is 31.1 Å². The Hall–Kier alpha value is -3.04. The van der Waals surface area contributed by atoms with Crippen molar-refractivity contribution in [1.29, 1.82) is 0 Å². The molecule has 2 atom stereocenters. The van der Waals surface area contributed by atoms with Crippen LogP contribution in [0, 0.1) is 0 Å². The van der Waals surface area contributed by atoms with Crippen molar-refractivity contribution in [3.8, 4) is 0 Å². The van der Waals surface area contributed by atoms with Crippen LogP contribution in [0.3, 0.4) is 0 Å². The zero-order valence-electron chi connectivity index (χ0n) is 17.5. The van der Waals surface area contributed by atoms with Gasteiger partial charge in [0.25, 0.3) is 5.60 Å². The third-order valence-electron chi connectivity index (χ3n) is 6.05. The van der Waals surface area contributed by atoms with E-state index in [1.807, 2.05) is 0 Å². The Morgan fingerprint density at radius 3 is 2.58 bits per heavy atom. The van der Waals surface area contributed by atoms with Gasteiger partial charge < -0.3 is 10.2 Å². The van der Waals surface area contributed by atoms with Crippen molar-refractivity contribution in [2.24, 2.45) is 5.16 Å². The predicted molar refractivity (Wildman–Crippen MR) is 107 cm³/mol. The van der Waals surface area contributed by atoms with Gasteiger partial charge in [-0.05, 0) is 47.7 Å². The lowest BCUT2D eigenvalue weighted by atomic mass is 9.85. The normalized spacial score (nSPS) is 22.5. The van der Waals surface area contributed by atoms with Gasteiger partial charge in [-0.3, -0.25) is 4.79 Å². The van der Waals surface area contributed by atoms with Crippen molar-refractivity contribution in [2.45, 2.75) is 56.6 Å². The van der Waals surface area contributed by atoms with Crippen LogP contribution in [0.4, 0.5) is 26.3 Å². The first-order valence-electron chi connectivity index (χ1n) is 10.4. The van der Waals surface area contributed by atoms with E-state index in [0.29, 0.717) is 37.0 Å². The van der Waals surface area contributed by atoms with E-state index < -0.39 is 35.5 Å². The number of amides is 1. The molecule has 1 aliphatic carbocycles. The zero-order chi connectivity index (χ0) is 24.0. The second-order valence-electron chi connectivity index (χ2n) is 8.14. The van der Waals surface area contributed by atoms with Crippen LogP contribution >= 0.6 is 0 Å². The molecule has 33 heavy (non-hydrogen) atoms. The third-order valence-corrected chi connectivity index (χ3v) is 6.05. The largest absolute Gasteiger partial charge is 0.435 e. The molecular formula is C23H20F6N2O2. The first kappa shape index (κ1) is 23.1. The summed E-state index contributed by atoms with van der Waals surface area (Å²) in [6, 6.07) is 7.91. The molecule has 0 bridgehead atoms. The van der Waals surface area contributed by atoms with E-state index in [1.54, 1.807) is 25.1 Å². The van der Waals surface area contributed by atoms with E-state index in [2.05, 4.69) is 10.5 Å². The van der Waals surface area contributed by atoms with Gasteiger partial charge in [0.1, 0.15) is 0 Å². The number of nitrogens with zero attached hydrogens (tertiary/aromatic N) is 1. The fraction of sp³-hybridized carbons (Fsp3) is 0.391. The summed E-state index contributed by atoms with van der Waals surface area (Å²) in [5.41, 5.74) is -2.71. The smallest absolute Gasteiger partial charge is 0.374 e. The lowest BCUT2D eigenvalue weighted by Gasteiger charge is -2.30. The molecule has 1 N–H and O–H groups in total. The Morgan fingerprint density at radius 1 is 1.15 bits per heavy atom. The maximum atomic E-state index is 14.1. The molecule has 0 fully saturated rings. The lowest BCUT2D eigenvalue weighted by molar-refractivity contribution is -0.276. The Kier molecular flexibility index (Phi) is 5.66. The fourth-order valence-electron chi connectivity index (χ4n) is 4.25. The highest BCUT2D eigenvalue weighted by atomic mass is 19.4. The van der Waals surface area contributed by atoms with Gasteiger partial charge in [0, 0.05) is 18.4 Å². The Balaban J connectivity index is 1.64. The summed E-state index contributed by atoms with van der Waals surface area (Å²) in [6.07, 6.45) is -8.92. The third kappa shape index (κ3) is 4.18. The molecule has 0 radical (unpaired) electrons. The summed E-state index contributed by atoms with van der Waals surface area (Å²) in [6.45, 7) is 1.74. The molecule has 10 heteroatoms. The van der Waals surface area contributed by atoms with Gasteiger partial charge in [0.2, 0.25) is 5.91 Å². The van der Waals surface area contributed by atoms with Crippen LogP contribution in [0.25, 0.3) is 0 Å². The average molecular weight is 470 g/mol. The topological polar surface area (TPSA) is 50.7 Å². The molecule has 0 saturated heterocycles. The van der Waals surface area contributed by atoms with Crippen LogP contribution in [0.5, 0.6) is 0 Å². The quantitative estimate of drug-likeness (QED) is 0.575. The van der Waals surface area contributed by atoms with Gasteiger partial charge in [-0.15, -0.1) is 0 Å². The molecule has 176 valence electrons. The average Bonchev–Trinajstić information content (AvgIpc) is 3.38. The molecule has 4 rings (SSSR count). The zero-order valence-corrected chi connectivity index (χ0v) is 17.5. The summed E-state index contributed by atoms with van der Waals surface area (Å²) >= 11 is 0. The molecule has 4 nitrogen and oxygen atoms in total. The number of benzene rings is 2.